The van der Waals surface area contributed by atoms with Crippen LogP contribution in [0.25, 0.3) is 0 Å². The van der Waals surface area contributed by atoms with E-state index in [1.165, 1.54) is 12.5 Å². The maximum Gasteiger partial charge on any atom is 0.317 e. The van der Waals surface area contributed by atoms with Gasteiger partial charge in [-0.2, -0.15) is 0 Å². The monoisotopic (exact) mass is 362 g/mol. The van der Waals surface area contributed by atoms with Crippen molar-refractivity contribution in [1.29, 1.82) is 0 Å². The van der Waals surface area contributed by atoms with E-state index in [0.29, 0.717) is 5.56 Å². The third-order valence-corrected chi connectivity index (χ3v) is 4.44. The van der Waals surface area contributed by atoms with Crippen molar-refractivity contribution in [2.24, 2.45) is 11.8 Å². The van der Waals surface area contributed by atoms with Crippen LogP contribution < -0.4 is 0 Å². The fourth-order valence-corrected chi connectivity index (χ4v) is 2.96. The Balaban J connectivity index is 2.70. The van der Waals surface area contributed by atoms with Crippen molar-refractivity contribution >= 4 is 17.5 Å². The maximum absolute atomic E-state index is 12.7. The Labute approximate surface area is 156 Å². The van der Waals surface area contributed by atoms with Crippen LogP contribution in [0.5, 0.6) is 0 Å². The highest BCUT2D eigenvalue weighted by Gasteiger charge is 2.35. The number of carbonyl (C=O) groups excluding carboxylic acids is 3. The molecule has 0 bridgehead atoms. The van der Waals surface area contributed by atoms with Crippen LogP contribution in [0.1, 0.15) is 56.0 Å². The van der Waals surface area contributed by atoms with E-state index in [1.54, 1.807) is 33.1 Å². The van der Waals surface area contributed by atoms with Gasteiger partial charge in [-0.05, 0) is 38.7 Å². The molecule has 0 aliphatic heterocycles. The number of hydrogen-bond donors (Lipinski definition) is 0. The van der Waals surface area contributed by atoms with Gasteiger partial charge in [-0.25, -0.2) is 0 Å². The Bertz CT molecular complexity index is 591. The van der Waals surface area contributed by atoms with Gasteiger partial charge >= 0.3 is 5.97 Å². The molecule has 2 atom stereocenters. The summed E-state index contributed by atoms with van der Waals surface area (Å²) in [7, 11) is 1.70. The number of carbonyl (C=O) groups is 3. The van der Waals surface area contributed by atoms with Gasteiger partial charge < -0.3 is 9.47 Å². The number of methoxy groups -OCH3 is 1. The minimum atomic E-state index is -1.05. The van der Waals surface area contributed by atoms with E-state index in [4.69, 9.17) is 9.47 Å². The lowest BCUT2D eigenvalue weighted by atomic mass is 9.84. The van der Waals surface area contributed by atoms with Crippen LogP contribution in [0, 0.1) is 11.8 Å². The highest BCUT2D eigenvalue weighted by molar-refractivity contribution is 6.06. The summed E-state index contributed by atoms with van der Waals surface area (Å²) >= 11 is 0. The Kier molecular flexibility index (Phi) is 9.81. The predicted molar refractivity (Wildman–Crippen MR) is 100 cm³/mol. The Morgan fingerprint density at radius 1 is 1.04 bits per heavy atom. The van der Waals surface area contributed by atoms with Crippen LogP contribution in [0.15, 0.2) is 24.3 Å². The SMILES string of the molecule is CCOC(=O)C(C(C)=O)C(C)C(=O)c1ccc(CCCCCOC)cc1. The van der Waals surface area contributed by atoms with E-state index in [1.807, 2.05) is 12.1 Å². The summed E-state index contributed by atoms with van der Waals surface area (Å²) in [5.41, 5.74) is 1.68. The van der Waals surface area contributed by atoms with Crippen LogP contribution in [0.4, 0.5) is 0 Å². The second kappa shape index (κ2) is 11.6. The fourth-order valence-electron chi connectivity index (χ4n) is 2.96. The second-order valence-corrected chi connectivity index (χ2v) is 6.49. The lowest BCUT2D eigenvalue weighted by molar-refractivity contribution is -0.152. The van der Waals surface area contributed by atoms with Crippen molar-refractivity contribution < 1.29 is 23.9 Å². The largest absolute Gasteiger partial charge is 0.465 e. The Morgan fingerprint density at radius 3 is 2.23 bits per heavy atom. The summed E-state index contributed by atoms with van der Waals surface area (Å²) in [6.07, 6.45) is 4.17. The van der Waals surface area contributed by atoms with Gasteiger partial charge in [0, 0.05) is 25.2 Å². The number of hydrogen-bond acceptors (Lipinski definition) is 5. The number of aryl methyl sites for hydroxylation is 1. The van der Waals surface area contributed by atoms with Gasteiger partial charge in [0.05, 0.1) is 6.61 Å². The molecule has 0 saturated carbocycles. The summed E-state index contributed by atoms with van der Waals surface area (Å²) < 4.78 is 9.98. The molecule has 0 saturated heterocycles. The molecule has 0 fully saturated rings. The van der Waals surface area contributed by atoms with E-state index >= 15 is 0 Å². The number of ketones is 2. The molecule has 0 heterocycles. The van der Waals surface area contributed by atoms with Gasteiger partial charge in [0.25, 0.3) is 0 Å². The number of benzene rings is 1. The first-order valence-corrected chi connectivity index (χ1v) is 9.21. The summed E-state index contributed by atoms with van der Waals surface area (Å²) in [5, 5.41) is 0. The number of unbranched alkanes of at least 4 members (excludes halogenated alkanes) is 2. The molecule has 5 nitrogen and oxygen atoms in total. The van der Waals surface area contributed by atoms with Gasteiger partial charge in [0.1, 0.15) is 11.7 Å². The number of esters is 1. The zero-order valence-electron chi connectivity index (χ0n) is 16.2. The first kappa shape index (κ1) is 22.0. The van der Waals surface area contributed by atoms with Crippen LogP contribution >= 0.6 is 0 Å². The summed E-state index contributed by atoms with van der Waals surface area (Å²) in [6.45, 7) is 5.56. The minimum absolute atomic E-state index is 0.183. The van der Waals surface area contributed by atoms with Crippen LogP contribution in [-0.2, 0) is 25.5 Å². The van der Waals surface area contributed by atoms with Gasteiger partial charge in [0.2, 0.25) is 0 Å². The van der Waals surface area contributed by atoms with E-state index < -0.39 is 17.8 Å². The summed E-state index contributed by atoms with van der Waals surface area (Å²) in [6, 6.07) is 7.41. The average Bonchev–Trinajstić information content (AvgIpc) is 2.61. The van der Waals surface area contributed by atoms with E-state index in [9.17, 15) is 14.4 Å². The van der Waals surface area contributed by atoms with Crippen LogP contribution in [-0.4, -0.2) is 37.9 Å². The van der Waals surface area contributed by atoms with Gasteiger partial charge in [0.15, 0.2) is 5.78 Å². The van der Waals surface area contributed by atoms with Crippen molar-refractivity contribution in [3.8, 4) is 0 Å². The summed E-state index contributed by atoms with van der Waals surface area (Å²) in [5.74, 6) is -3.00. The van der Waals surface area contributed by atoms with Crippen molar-refractivity contribution in [3.05, 3.63) is 35.4 Å². The molecule has 2 unspecified atom stereocenters. The number of ether oxygens (including phenoxy) is 2. The highest BCUT2D eigenvalue weighted by Crippen LogP contribution is 2.21. The summed E-state index contributed by atoms with van der Waals surface area (Å²) in [4.78, 5) is 36.5. The van der Waals surface area contributed by atoms with Crippen molar-refractivity contribution in [2.75, 3.05) is 20.3 Å². The molecule has 1 rings (SSSR count). The molecule has 0 spiro atoms. The first-order valence-electron chi connectivity index (χ1n) is 9.21. The fraction of sp³-hybridized carbons (Fsp3) is 0.571. The standard InChI is InChI=1S/C21H30O5/c1-5-26-21(24)19(16(3)22)15(2)20(23)18-12-10-17(11-13-18)9-7-6-8-14-25-4/h10-13,15,19H,5-9,14H2,1-4H3. The molecule has 0 N–H and O–H groups in total. The molecule has 5 heteroatoms. The zero-order valence-corrected chi connectivity index (χ0v) is 16.2. The average molecular weight is 362 g/mol. The van der Waals surface area contributed by atoms with Crippen LogP contribution in [0.3, 0.4) is 0 Å². The molecule has 0 aliphatic rings. The topological polar surface area (TPSA) is 69.7 Å². The van der Waals surface area contributed by atoms with Crippen molar-refractivity contribution in [2.45, 2.75) is 46.5 Å². The molecular weight excluding hydrogens is 332 g/mol. The lowest BCUT2D eigenvalue weighted by Crippen LogP contribution is -2.34. The smallest absolute Gasteiger partial charge is 0.317 e. The molecule has 1 aromatic carbocycles. The number of rotatable bonds is 12. The lowest BCUT2D eigenvalue weighted by Gasteiger charge is -2.19. The molecule has 1 aromatic rings. The molecule has 0 amide bonds. The third-order valence-electron chi connectivity index (χ3n) is 4.44. The minimum Gasteiger partial charge on any atom is -0.465 e. The van der Waals surface area contributed by atoms with E-state index in [-0.39, 0.29) is 18.2 Å². The quantitative estimate of drug-likeness (QED) is 0.246. The van der Waals surface area contributed by atoms with Crippen molar-refractivity contribution in [1.82, 2.24) is 0 Å². The molecule has 144 valence electrons. The Hall–Kier alpha value is -2.01. The van der Waals surface area contributed by atoms with Gasteiger partial charge in [-0.3, -0.25) is 14.4 Å². The number of Topliss-reactive ketones (excluding diaryl/α,β-unsaturated/α-hetero) is 2. The van der Waals surface area contributed by atoms with E-state index in [2.05, 4.69) is 0 Å². The molecule has 0 radical (unpaired) electrons. The van der Waals surface area contributed by atoms with Gasteiger partial charge in [-0.15, -0.1) is 0 Å². The van der Waals surface area contributed by atoms with Crippen molar-refractivity contribution in [3.63, 3.8) is 0 Å². The maximum atomic E-state index is 12.7. The third kappa shape index (κ3) is 6.71. The highest BCUT2D eigenvalue weighted by atomic mass is 16.5. The first-order chi connectivity index (χ1) is 12.4. The molecule has 26 heavy (non-hydrogen) atoms. The molecule has 0 aliphatic carbocycles. The second-order valence-electron chi connectivity index (χ2n) is 6.49. The van der Waals surface area contributed by atoms with Gasteiger partial charge in [-0.1, -0.05) is 37.6 Å². The molecule has 0 aromatic heterocycles. The van der Waals surface area contributed by atoms with Crippen LogP contribution in [0.2, 0.25) is 0 Å². The predicted octanol–water partition coefficient (Wildman–Crippen LogP) is 3.63. The Morgan fingerprint density at radius 2 is 1.69 bits per heavy atom. The van der Waals surface area contributed by atoms with E-state index in [0.717, 1.165) is 32.3 Å². The molecular formula is C21H30O5. The normalized spacial score (nSPS) is 13.1. The zero-order chi connectivity index (χ0) is 19.5.